The van der Waals surface area contributed by atoms with Crippen molar-refractivity contribution in [2.75, 3.05) is 34.4 Å². The van der Waals surface area contributed by atoms with Crippen LogP contribution in [0, 0.1) is 5.82 Å². The van der Waals surface area contributed by atoms with E-state index < -0.39 is 0 Å². The Hall–Kier alpha value is -2.96. The average Bonchev–Trinajstić information content (AvgIpc) is 3.56. The number of benzene rings is 2. The summed E-state index contributed by atoms with van der Waals surface area (Å²) >= 11 is 0. The molecule has 3 rings (SSSR count). The van der Waals surface area contributed by atoms with Gasteiger partial charge in [-0.05, 0) is 55.2 Å². The first kappa shape index (κ1) is 21.7. The zero-order chi connectivity index (χ0) is 21.6. The van der Waals surface area contributed by atoms with E-state index in [2.05, 4.69) is 10.6 Å². The van der Waals surface area contributed by atoms with Crippen LogP contribution in [0.3, 0.4) is 0 Å². The van der Waals surface area contributed by atoms with Crippen molar-refractivity contribution in [1.82, 2.24) is 10.6 Å². The lowest BCUT2D eigenvalue weighted by Gasteiger charge is -2.19. The third-order valence-electron chi connectivity index (χ3n) is 5.37. The summed E-state index contributed by atoms with van der Waals surface area (Å²) in [6, 6.07) is 10.7. The molecule has 0 aliphatic heterocycles. The van der Waals surface area contributed by atoms with Gasteiger partial charge in [-0.15, -0.1) is 0 Å². The maximum absolute atomic E-state index is 13.6. The quantitative estimate of drug-likeness (QED) is 0.484. The zero-order valence-electron chi connectivity index (χ0n) is 18.0. The second kappa shape index (κ2) is 9.69. The lowest BCUT2D eigenvalue weighted by atomic mass is 9.96. The van der Waals surface area contributed by atoms with Crippen LogP contribution in [0.2, 0.25) is 0 Å². The maximum atomic E-state index is 13.6. The molecule has 1 aliphatic carbocycles. The number of aliphatic imine (C=N–C) groups is 1. The molecule has 6 nitrogen and oxygen atoms in total. The Bertz CT molecular complexity index is 872. The van der Waals surface area contributed by atoms with Crippen LogP contribution in [-0.4, -0.2) is 40.4 Å². The van der Waals surface area contributed by atoms with Gasteiger partial charge in [0.05, 0.1) is 27.9 Å². The van der Waals surface area contributed by atoms with Gasteiger partial charge in [0.2, 0.25) is 5.75 Å². The van der Waals surface area contributed by atoms with Gasteiger partial charge < -0.3 is 24.8 Å². The Morgan fingerprint density at radius 3 is 2.27 bits per heavy atom. The van der Waals surface area contributed by atoms with Crippen LogP contribution in [0.4, 0.5) is 4.39 Å². The Balaban J connectivity index is 1.72. The van der Waals surface area contributed by atoms with Gasteiger partial charge in [0.1, 0.15) is 5.82 Å². The number of methoxy groups -OCH3 is 3. The summed E-state index contributed by atoms with van der Waals surface area (Å²) in [6.45, 7) is 3.92. The molecular weight excluding hydrogens is 385 g/mol. The standard InChI is InChI=1S/C23H30FN3O3/c1-5-25-22(27-15-23(9-10-23)17-7-6-8-18(24)13-17)26-14-16-11-19(28-2)21(30-4)20(12-16)29-3/h6-8,11-13H,5,9-10,14-15H2,1-4H3,(H2,25,26,27). The summed E-state index contributed by atoms with van der Waals surface area (Å²) in [5.74, 6) is 2.28. The number of halogens is 1. The highest BCUT2D eigenvalue weighted by Gasteiger charge is 2.44. The normalized spacial score (nSPS) is 14.8. The first-order valence-corrected chi connectivity index (χ1v) is 10.1. The molecule has 0 atom stereocenters. The second-order valence-electron chi connectivity index (χ2n) is 7.37. The van der Waals surface area contributed by atoms with E-state index in [4.69, 9.17) is 19.2 Å². The van der Waals surface area contributed by atoms with E-state index in [1.54, 1.807) is 33.5 Å². The summed E-state index contributed by atoms with van der Waals surface area (Å²) in [7, 11) is 4.77. The fourth-order valence-corrected chi connectivity index (χ4v) is 3.53. The van der Waals surface area contributed by atoms with Crippen molar-refractivity contribution in [1.29, 1.82) is 0 Å². The highest BCUT2D eigenvalue weighted by atomic mass is 19.1. The van der Waals surface area contributed by atoms with Crippen LogP contribution in [0.1, 0.15) is 30.9 Å². The van der Waals surface area contributed by atoms with Crippen LogP contribution >= 0.6 is 0 Å². The number of ether oxygens (including phenoxy) is 3. The Morgan fingerprint density at radius 2 is 1.73 bits per heavy atom. The molecular formula is C23H30FN3O3. The van der Waals surface area contributed by atoms with Crippen molar-refractivity contribution in [3.63, 3.8) is 0 Å². The molecule has 0 aromatic heterocycles. The van der Waals surface area contributed by atoms with E-state index in [1.165, 1.54) is 6.07 Å². The van der Waals surface area contributed by atoms with E-state index in [1.807, 2.05) is 25.1 Å². The highest BCUT2D eigenvalue weighted by molar-refractivity contribution is 5.80. The number of nitrogens with zero attached hydrogens (tertiary/aromatic N) is 1. The van der Waals surface area contributed by atoms with Crippen LogP contribution in [0.25, 0.3) is 0 Å². The molecule has 0 spiro atoms. The van der Waals surface area contributed by atoms with E-state index in [9.17, 15) is 4.39 Å². The fraction of sp³-hybridized carbons (Fsp3) is 0.435. The van der Waals surface area contributed by atoms with E-state index in [0.29, 0.717) is 36.3 Å². The molecule has 0 saturated heterocycles. The molecule has 0 amide bonds. The highest BCUT2D eigenvalue weighted by Crippen LogP contribution is 2.47. The van der Waals surface area contributed by atoms with Crippen LogP contribution in [-0.2, 0) is 12.0 Å². The smallest absolute Gasteiger partial charge is 0.203 e. The van der Waals surface area contributed by atoms with E-state index in [-0.39, 0.29) is 11.2 Å². The number of rotatable bonds is 9. The van der Waals surface area contributed by atoms with Crippen molar-refractivity contribution < 1.29 is 18.6 Å². The largest absolute Gasteiger partial charge is 0.493 e. The Labute approximate surface area is 177 Å². The lowest BCUT2D eigenvalue weighted by molar-refractivity contribution is 0.324. The average molecular weight is 416 g/mol. The molecule has 162 valence electrons. The summed E-state index contributed by atoms with van der Waals surface area (Å²) < 4.78 is 29.9. The van der Waals surface area contributed by atoms with Crippen LogP contribution < -0.4 is 24.8 Å². The van der Waals surface area contributed by atoms with Crippen molar-refractivity contribution in [2.24, 2.45) is 4.99 Å². The summed E-state index contributed by atoms with van der Waals surface area (Å²) in [4.78, 5) is 4.70. The van der Waals surface area contributed by atoms with Gasteiger partial charge in [-0.2, -0.15) is 0 Å². The first-order valence-electron chi connectivity index (χ1n) is 10.1. The van der Waals surface area contributed by atoms with Crippen LogP contribution in [0.5, 0.6) is 17.2 Å². The predicted octanol–water partition coefficient (Wildman–Crippen LogP) is 3.64. The van der Waals surface area contributed by atoms with Gasteiger partial charge in [-0.1, -0.05) is 12.1 Å². The molecule has 1 fully saturated rings. The summed E-state index contributed by atoms with van der Waals surface area (Å²) in [6.07, 6.45) is 2.07. The monoisotopic (exact) mass is 415 g/mol. The molecule has 1 aliphatic rings. The van der Waals surface area contributed by atoms with Gasteiger partial charge in [-0.25, -0.2) is 9.38 Å². The minimum Gasteiger partial charge on any atom is -0.493 e. The summed E-state index contributed by atoms with van der Waals surface area (Å²) in [5.41, 5.74) is 1.95. The van der Waals surface area contributed by atoms with E-state index in [0.717, 1.165) is 30.5 Å². The SMILES string of the molecule is CCNC(=NCc1cc(OC)c(OC)c(OC)c1)NCC1(c2cccc(F)c2)CC1. The molecule has 2 aromatic carbocycles. The van der Waals surface area contributed by atoms with Crippen molar-refractivity contribution in [3.8, 4) is 17.2 Å². The van der Waals surface area contributed by atoms with Crippen molar-refractivity contribution in [2.45, 2.75) is 31.7 Å². The summed E-state index contributed by atoms with van der Waals surface area (Å²) in [5, 5.41) is 6.69. The molecule has 0 radical (unpaired) electrons. The molecule has 7 heteroatoms. The van der Waals surface area contributed by atoms with Gasteiger partial charge in [-0.3, -0.25) is 0 Å². The number of hydrogen-bond acceptors (Lipinski definition) is 4. The number of guanidine groups is 1. The maximum Gasteiger partial charge on any atom is 0.203 e. The second-order valence-corrected chi connectivity index (χ2v) is 7.37. The molecule has 0 unspecified atom stereocenters. The zero-order valence-corrected chi connectivity index (χ0v) is 18.0. The third-order valence-corrected chi connectivity index (χ3v) is 5.37. The minimum atomic E-state index is -0.193. The van der Waals surface area contributed by atoms with Crippen molar-refractivity contribution >= 4 is 5.96 Å². The molecule has 30 heavy (non-hydrogen) atoms. The molecule has 2 N–H and O–H groups in total. The number of nitrogens with one attached hydrogen (secondary N) is 2. The van der Waals surface area contributed by atoms with Gasteiger partial charge in [0.15, 0.2) is 17.5 Å². The topological polar surface area (TPSA) is 64.1 Å². The fourth-order valence-electron chi connectivity index (χ4n) is 3.53. The predicted molar refractivity (Wildman–Crippen MR) is 116 cm³/mol. The number of hydrogen-bond donors (Lipinski definition) is 2. The third kappa shape index (κ3) is 4.96. The first-order chi connectivity index (χ1) is 14.5. The van der Waals surface area contributed by atoms with E-state index >= 15 is 0 Å². The molecule has 1 saturated carbocycles. The van der Waals surface area contributed by atoms with Gasteiger partial charge in [0, 0.05) is 18.5 Å². The van der Waals surface area contributed by atoms with Crippen LogP contribution in [0.15, 0.2) is 41.4 Å². The molecule has 0 heterocycles. The lowest BCUT2D eigenvalue weighted by Crippen LogP contribution is -2.41. The van der Waals surface area contributed by atoms with Crippen molar-refractivity contribution in [3.05, 3.63) is 53.3 Å². The molecule has 2 aromatic rings. The molecule has 0 bridgehead atoms. The minimum absolute atomic E-state index is 0.0230. The van der Waals surface area contributed by atoms with Gasteiger partial charge >= 0.3 is 0 Å². The van der Waals surface area contributed by atoms with Gasteiger partial charge in [0.25, 0.3) is 0 Å². The Morgan fingerprint density at radius 1 is 1.03 bits per heavy atom. The Kier molecular flexibility index (Phi) is 7.03.